The van der Waals surface area contributed by atoms with Crippen molar-refractivity contribution in [2.24, 2.45) is 0 Å². The number of nitrogens with zero attached hydrogens (tertiary/aromatic N) is 1. The van der Waals surface area contributed by atoms with Crippen LogP contribution in [0.25, 0.3) is 0 Å². The lowest BCUT2D eigenvalue weighted by Crippen LogP contribution is -2.15. The molecule has 0 radical (unpaired) electrons. The summed E-state index contributed by atoms with van der Waals surface area (Å²) >= 11 is 0. The molecule has 132 valence electrons. The molecule has 0 spiro atoms. The molecule has 2 rings (SSSR count). The highest BCUT2D eigenvalue weighted by Crippen LogP contribution is 2.38. The number of nitro groups is 1. The van der Waals surface area contributed by atoms with Gasteiger partial charge in [-0.1, -0.05) is 18.2 Å². The summed E-state index contributed by atoms with van der Waals surface area (Å²) in [6, 6.07) is 11.3. The van der Waals surface area contributed by atoms with Crippen LogP contribution in [0, 0.1) is 10.1 Å². The van der Waals surface area contributed by atoms with Crippen molar-refractivity contribution in [2.45, 2.75) is 26.9 Å². The second-order valence-electron chi connectivity index (χ2n) is 5.49. The normalized spacial score (nSPS) is 10.4. The molecule has 0 aromatic heterocycles. The van der Waals surface area contributed by atoms with Crippen LogP contribution >= 0.6 is 0 Å². The van der Waals surface area contributed by atoms with Crippen molar-refractivity contribution in [2.75, 3.05) is 11.9 Å². The fourth-order valence-electron chi connectivity index (χ4n) is 2.20. The van der Waals surface area contributed by atoms with Gasteiger partial charge in [-0.2, -0.15) is 0 Å². The molecule has 0 heterocycles. The minimum absolute atomic E-state index is 0.0759. The van der Waals surface area contributed by atoms with Crippen molar-refractivity contribution < 1.29 is 19.2 Å². The van der Waals surface area contributed by atoms with E-state index in [1.807, 2.05) is 6.07 Å². The van der Waals surface area contributed by atoms with Crippen LogP contribution in [0.3, 0.4) is 0 Å². The minimum atomic E-state index is -0.541. The molecule has 0 aliphatic heterocycles. The molecule has 0 bridgehead atoms. The topological polar surface area (TPSA) is 90.7 Å². The van der Waals surface area contributed by atoms with Gasteiger partial charge >= 0.3 is 5.69 Å². The van der Waals surface area contributed by atoms with Gasteiger partial charge in [0.05, 0.1) is 29.4 Å². The Morgan fingerprint density at radius 1 is 1.20 bits per heavy atom. The van der Waals surface area contributed by atoms with E-state index in [1.54, 1.807) is 45.0 Å². The lowest BCUT2D eigenvalue weighted by atomic mass is 10.2. The highest BCUT2D eigenvalue weighted by molar-refractivity contribution is 6.05. The maximum Gasteiger partial charge on any atom is 0.314 e. The molecule has 2 aromatic rings. The lowest BCUT2D eigenvalue weighted by molar-refractivity contribution is -0.385. The maximum absolute atomic E-state index is 12.4. The van der Waals surface area contributed by atoms with Crippen LogP contribution in [0.5, 0.6) is 11.5 Å². The van der Waals surface area contributed by atoms with Gasteiger partial charge in [0.15, 0.2) is 5.75 Å². The zero-order valence-corrected chi connectivity index (χ0v) is 14.3. The Labute approximate surface area is 145 Å². The first-order valence-corrected chi connectivity index (χ1v) is 7.90. The first-order chi connectivity index (χ1) is 11.9. The highest BCUT2D eigenvalue weighted by Gasteiger charge is 2.22. The summed E-state index contributed by atoms with van der Waals surface area (Å²) in [5, 5.41) is 14.0. The van der Waals surface area contributed by atoms with Gasteiger partial charge < -0.3 is 14.8 Å². The minimum Gasteiger partial charge on any atom is -0.489 e. The molecule has 0 aliphatic rings. The second-order valence-corrected chi connectivity index (χ2v) is 5.49. The molecule has 7 nitrogen and oxygen atoms in total. The van der Waals surface area contributed by atoms with E-state index in [2.05, 4.69) is 5.32 Å². The largest absolute Gasteiger partial charge is 0.489 e. The molecule has 0 aliphatic carbocycles. The van der Waals surface area contributed by atoms with Crippen LogP contribution in [0.1, 0.15) is 31.1 Å². The van der Waals surface area contributed by atoms with Gasteiger partial charge in [-0.3, -0.25) is 14.9 Å². The second kappa shape index (κ2) is 8.14. The van der Waals surface area contributed by atoms with Gasteiger partial charge in [0.25, 0.3) is 5.91 Å². The number of anilines is 1. The Kier molecular flexibility index (Phi) is 5.94. The summed E-state index contributed by atoms with van der Waals surface area (Å²) in [5.41, 5.74) is 0.570. The van der Waals surface area contributed by atoms with Crippen LogP contribution in [-0.2, 0) is 0 Å². The molecule has 25 heavy (non-hydrogen) atoms. The Balaban J connectivity index is 2.44. The number of hydrogen-bond acceptors (Lipinski definition) is 5. The summed E-state index contributed by atoms with van der Waals surface area (Å²) in [6.45, 7) is 5.58. The molecule has 0 atom stereocenters. The van der Waals surface area contributed by atoms with E-state index in [0.717, 1.165) is 0 Å². The molecule has 1 amide bonds. The quantitative estimate of drug-likeness (QED) is 0.605. The SMILES string of the molecule is CCOc1cc(NC(=O)c2ccccc2)c(OC(C)C)cc1[N+](=O)[O-]. The maximum atomic E-state index is 12.4. The standard InChI is InChI=1S/C18H20N2O5/c1-4-24-17-10-14(19-18(21)13-8-6-5-7-9-13)16(25-12(2)3)11-15(17)20(22)23/h5-12H,4H2,1-3H3,(H,19,21). The number of benzene rings is 2. The van der Waals surface area contributed by atoms with Crippen molar-refractivity contribution in [1.29, 1.82) is 0 Å². The number of carbonyl (C=O) groups excluding carboxylic acids is 1. The zero-order chi connectivity index (χ0) is 18.4. The van der Waals surface area contributed by atoms with E-state index in [9.17, 15) is 14.9 Å². The van der Waals surface area contributed by atoms with E-state index in [4.69, 9.17) is 9.47 Å². The van der Waals surface area contributed by atoms with Crippen molar-refractivity contribution in [3.05, 3.63) is 58.1 Å². The van der Waals surface area contributed by atoms with Crippen molar-refractivity contribution in [3.8, 4) is 11.5 Å². The third kappa shape index (κ3) is 4.69. The Hall–Kier alpha value is -3.09. The summed E-state index contributed by atoms with van der Waals surface area (Å²) in [4.78, 5) is 23.1. The molecule has 0 saturated heterocycles. The van der Waals surface area contributed by atoms with Gasteiger partial charge in [-0.25, -0.2) is 0 Å². The number of nitro benzene ring substituents is 1. The molecule has 0 unspecified atom stereocenters. The molecule has 0 fully saturated rings. The lowest BCUT2D eigenvalue weighted by Gasteiger charge is -2.16. The van der Waals surface area contributed by atoms with Crippen LogP contribution in [0.2, 0.25) is 0 Å². The first-order valence-electron chi connectivity index (χ1n) is 7.90. The predicted molar refractivity (Wildman–Crippen MR) is 94.4 cm³/mol. The van der Waals surface area contributed by atoms with Gasteiger partial charge in [-0.05, 0) is 32.9 Å². The van der Waals surface area contributed by atoms with E-state index in [-0.39, 0.29) is 35.8 Å². The van der Waals surface area contributed by atoms with Crippen LogP contribution in [0.15, 0.2) is 42.5 Å². The van der Waals surface area contributed by atoms with Gasteiger partial charge in [0.1, 0.15) is 5.75 Å². The monoisotopic (exact) mass is 344 g/mol. The number of rotatable bonds is 7. The highest BCUT2D eigenvalue weighted by atomic mass is 16.6. The Morgan fingerprint density at radius 3 is 2.44 bits per heavy atom. The van der Waals surface area contributed by atoms with Crippen molar-refractivity contribution >= 4 is 17.3 Å². The molecular weight excluding hydrogens is 324 g/mol. The van der Waals surface area contributed by atoms with Gasteiger partial charge in [-0.15, -0.1) is 0 Å². The van der Waals surface area contributed by atoms with E-state index >= 15 is 0 Å². The average Bonchev–Trinajstić information content (AvgIpc) is 2.57. The smallest absolute Gasteiger partial charge is 0.314 e. The van der Waals surface area contributed by atoms with Gasteiger partial charge in [0.2, 0.25) is 0 Å². The molecular formula is C18H20N2O5. The Morgan fingerprint density at radius 2 is 1.88 bits per heavy atom. The number of amides is 1. The Bertz CT molecular complexity index is 760. The first kappa shape index (κ1) is 18.3. The third-order valence-electron chi connectivity index (χ3n) is 3.20. The number of carbonyl (C=O) groups is 1. The molecule has 7 heteroatoms. The molecule has 1 N–H and O–H groups in total. The number of nitrogens with one attached hydrogen (secondary N) is 1. The van der Waals surface area contributed by atoms with Crippen LogP contribution < -0.4 is 14.8 Å². The summed E-state index contributed by atoms with van der Waals surface area (Å²) < 4.78 is 11.0. The fraction of sp³-hybridized carbons (Fsp3) is 0.278. The number of ether oxygens (including phenoxy) is 2. The summed E-state index contributed by atoms with van der Waals surface area (Å²) in [5.74, 6) is -0.0492. The van der Waals surface area contributed by atoms with Gasteiger partial charge in [0, 0.05) is 11.6 Å². The molecule has 0 saturated carbocycles. The predicted octanol–water partition coefficient (Wildman–Crippen LogP) is 4.03. The number of hydrogen-bond donors (Lipinski definition) is 1. The van der Waals surface area contributed by atoms with E-state index in [1.165, 1.54) is 12.1 Å². The van der Waals surface area contributed by atoms with Crippen LogP contribution in [-0.4, -0.2) is 23.5 Å². The fourth-order valence-corrected chi connectivity index (χ4v) is 2.20. The summed E-state index contributed by atoms with van der Waals surface area (Å²) in [7, 11) is 0. The van der Waals surface area contributed by atoms with Crippen molar-refractivity contribution in [1.82, 2.24) is 0 Å². The summed E-state index contributed by atoms with van der Waals surface area (Å²) in [6.07, 6.45) is -0.218. The third-order valence-corrected chi connectivity index (χ3v) is 3.20. The van der Waals surface area contributed by atoms with Crippen LogP contribution in [0.4, 0.5) is 11.4 Å². The zero-order valence-electron chi connectivity index (χ0n) is 14.3. The molecule has 2 aromatic carbocycles. The van der Waals surface area contributed by atoms with E-state index in [0.29, 0.717) is 11.3 Å². The van der Waals surface area contributed by atoms with Crippen molar-refractivity contribution in [3.63, 3.8) is 0 Å². The van der Waals surface area contributed by atoms with E-state index < -0.39 is 4.92 Å². The average molecular weight is 344 g/mol.